The number of esters is 1. The third-order valence-electron chi connectivity index (χ3n) is 8.27. The van der Waals surface area contributed by atoms with Crippen molar-refractivity contribution in [2.75, 3.05) is 7.11 Å². The number of hydrogen-bond acceptors (Lipinski definition) is 2. The molecule has 0 bridgehead atoms. The highest BCUT2D eigenvalue weighted by Gasteiger charge is 2.59. The molecule has 132 valence electrons. The van der Waals surface area contributed by atoms with Crippen molar-refractivity contribution in [1.29, 1.82) is 0 Å². The van der Waals surface area contributed by atoms with E-state index in [4.69, 9.17) is 4.74 Å². The summed E-state index contributed by atoms with van der Waals surface area (Å²) in [6.07, 6.45) is 10.3. The summed E-state index contributed by atoms with van der Waals surface area (Å²) in [6, 6.07) is 0. The number of carbonyl (C=O) groups is 1. The van der Waals surface area contributed by atoms with Crippen LogP contribution in [-0.2, 0) is 9.53 Å². The standard InChI is InChI=1S/C21H36O2/c1-14(2)15-7-9-17-16(13-15)8-10-18-20(17,3)11-6-12-21(18,4)19(22)23-5/h14-18H,6-13H2,1-5H3/t15-,16+,17-,18-,20-,21-/m1/s1. The molecule has 0 unspecified atom stereocenters. The van der Waals surface area contributed by atoms with Crippen molar-refractivity contribution in [2.24, 2.45) is 40.4 Å². The van der Waals surface area contributed by atoms with Crippen LogP contribution >= 0.6 is 0 Å². The van der Waals surface area contributed by atoms with E-state index in [-0.39, 0.29) is 11.4 Å². The van der Waals surface area contributed by atoms with Gasteiger partial charge in [-0.25, -0.2) is 0 Å². The van der Waals surface area contributed by atoms with Gasteiger partial charge in [-0.15, -0.1) is 0 Å². The van der Waals surface area contributed by atoms with Gasteiger partial charge in [0.05, 0.1) is 12.5 Å². The maximum atomic E-state index is 12.6. The second-order valence-corrected chi connectivity index (χ2v) is 9.58. The molecule has 0 aromatic heterocycles. The Morgan fingerprint density at radius 2 is 1.83 bits per heavy atom. The molecule has 0 N–H and O–H groups in total. The monoisotopic (exact) mass is 320 g/mol. The molecular formula is C21H36O2. The van der Waals surface area contributed by atoms with Gasteiger partial charge in [-0.05, 0) is 86.9 Å². The molecule has 3 saturated carbocycles. The lowest BCUT2D eigenvalue weighted by molar-refractivity contribution is -0.176. The number of carbonyl (C=O) groups excluding carboxylic acids is 1. The van der Waals surface area contributed by atoms with Crippen molar-refractivity contribution < 1.29 is 9.53 Å². The minimum Gasteiger partial charge on any atom is -0.469 e. The van der Waals surface area contributed by atoms with E-state index in [1.165, 1.54) is 44.9 Å². The molecule has 0 spiro atoms. The Morgan fingerprint density at radius 1 is 1.09 bits per heavy atom. The lowest BCUT2D eigenvalue weighted by Gasteiger charge is -2.61. The predicted octanol–water partition coefficient (Wildman–Crippen LogP) is 5.45. The van der Waals surface area contributed by atoms with Crippen molar-refractivity contribution in [3.8, 4) is 0 Å². The van der Waals surface area contributed by atoms with E-state index in [0.29, 0.717) is 11.3 Å². The van der Waals surface area contributed by atoms with Crippen LogP contribution in [0, 0.1) is 40.4 Å². The number of fused-ring (bicyclic) bond motifs is 3. The second-order valence-electron chi connectivity index (χ2n) is 9.58. The second kappa shape index (κ2) is 6.08. The number of hydrogen-bond donors (Lipinski definition) is 0. The lowest BCUT2D eigenvalue weighted by Crippen LogP contribution is -2.56. The van der Waals surface area contributed by atoms with Crippen molar-refractivity contribution in [3.05, 3.63) is 0 Å². The molecule has 3 aliphatic carbocycles. The fraction of sp³-hybridized carbons (Fsp3) is 0.952. The average Bonchev–Trinajstić information content (AvgIpc) is 2.53. The molecule has 23 heavy (non-hydrogen) atoms. The summed E-state index contributed by atoms with van der Waals surface area (Å²) in [7, 11) is 1.57. The Bertz CT molecular complexity index is 457. The molecule has 0 aromatic rings. The highest BCUT2D eigenvalue weighted by Crippen LogP contribution is 2.64. The van der Waals surface area contributed by atoms with E-state index in [1.54, 1.807) is 7.11 Å². The maximum absolute atomic E-state index is 12.6. The Balaban J connectivity index is 1.85. The first-order valence-corrected chi connectivity index (χ1v) is 9.91. The number of rotatable bonds is 2. The van der Waals surface area contributed by atoms with Crippen LogP contribution in [0.3, 0.4) is 0 Å². The summed E-state index contributed by atoms with van der Waals surface area (Å²) in [5.41, 5.74) is 0.105. The zero-order chi connectivity index (χ0) is 16.8. The van der Waals surface area contributed by atoms with Gasteiger partial charge < -0.3 is 4.74 Å². The molecule has 3 rings (SSSR count). The molecule has 0 heterocycles. The van der Waals surface area contributed by atoms with Crippen LogP contribution in [0.5, 0.6) is 0 Å². The zero-order valence-electron chi connectivity index (χ0n) is 15.9. The van der Waals surface area contributed by atoms with Crippen LogP contribution in [0.2, 0.25) is 0 Å². The lowest BCUT2D eigenvalue weighted by atomic mass is 9.43. The van der Waals surface area contributed by atoms with Crippen LogP contribution in [0.25, 0.3) is 0 Å². The smallest absolute Gasteiger partial charge is 0.311 e. The Morgan fingerprint density at radius 3 is 2.48 bits per heavy atom. The van der Waals surface area contributed by atoms with E-state index in [2.05, 4.69) is 27.7 Å². The third-order valence-corrected chi connectivity index (χ3v) is 8.27. The summed E-state index contributed by atoms with van der Waals surface area (Å²) < 4.78 is 5.23. The Kier molecular flexibility index (Phi) is 4.57. The van der Waals surface area contributed by atoms with Gasteiger partial charge >= 0.3 is 5.97 Å². The molecule has 3 fully saturated rings. The van der Waals surface area contributed by atoms with Crippen LogP contribution < -0.4 is 0 Å². The first-order valence-electron chi connectivity index (χ1n) is 9.91. The quantitative estimate of drug-likeness (QED) is 0.632. The van der Waals surface area contributed by atoms with E-state index < -0.39 is 0 Å². The van der Waals surface area contributed by atoms with Gasteiger partial charge in [0.15, 0.2) is 0 Å². The molecule has 0 saturated heterocycles. The van der Waals surface area contributed by atoms with Crippen molar-refractivity contribution in [3.63, 3.8) is 0 Å². The predicted molar refractivity (Wildman–Crippen MR) is 94.0 cm³/mol. The van der Waals surface area contributed by atoms with Gasteiger partial charge in [0.25, 0.3) is 0 Å². The van der Waals surface area contributed by atoms with Crippen LogP contribution in [0.4, 0.5) is 0 Å². The van der Waals surface area contributed by atoms with E-state index in [9.17, 15) is 4.79 Å². The Labute approximate surface area is 142 Å². The van der Waals surface area contributed by atoms with Crippen LogP contribution in [0.1, 0.15) is 79.1 Å². The van der Waals surface area contributed by atoms with Gasteiger partial charge in [-0.3, -0.25) is 4.79 Å². The fourth-order valence-electron chi connectivity index (χ4n) is 6.96. The van der Waals surface area contributed by atoms with E-state index >= 15 is 0 Å². The average molecular weight is 321 g/mol. The normalized spacial score (nSPS) is 46.9. The zero-order valence-corrected chi connectivity index (χ0v) is 15.9. The number of ether oxygens (including phenoxy) is 1. The minimum atomic E-state index is -0.248. The maximum Gasteiger partial charge on any atom is 0.311 e. The minimum absolute atomic E-state index is 0.0442. The summed E-state index contributed by atoms with van der Waals surface area (Å²) in [5.74, 6) is 4.05. The highest BCUT2D eigenvalue weighted by molar-refractivity contribution is 5.77. The molecule has 0 aliphatic heterocycles. The first kappa shape index (κ1) is 17.3. The molecule has 0 aromatic carbocycles. The summed E-state index contributed by atoms with van der Waals surface area (Å²) in [6.45, 7) is 9.51. The largest absolute Gasteiger partial charge is 0.469 e. The van der Waals surface area contributed by atoms with Gasteiger partial charge in [0.1, 0.15) is 0 Å². The first-order chi connectivity index (χ1) is 10.8. The van der Waals surface area contributed by atoms with Crippen LogP contribution in [-0.4, -0.2) is 13.1 Å². The topological polar surface area (TPSA) is 26.3 Å². The Hall–Kier alpha value is -0.530. The fourth-order valence-corrected chi connectivity index (χ4v) is 6.96. The summed E-state index contributed by atoms with van der Waals surface area (Å²) in [5, 5.41) is 0. The van der Waals surface area contributed by atoms with Gasteiger partial charge in [-0.2, -0.15) is 0 Å². The van der Waals surface area contributed by atoms with Gasteiger partial charge in [0, 0.05) is 0 Å². The molecule has 6 atom stereocenters. The number of methoxy groups -OCH3 is 1. The molecular weight excluding hydrogens is 284 g/mol. The molecule has 2 heteroatoms. The van der Waals surface area contributed by atoms with Crippen molar-refractivity contribution in [1.82, 2.24) is 0 Å². The van der Waals surface area contributed by atoms with Crippen LogP contribution in [0.15, 0.2) is 0 Å². The van der Waals surface area contributed by atoms with E-state index in [1.807, 2.05) is 0 Å². The molecule has 0 radical (unpaired) electrons. The SMILES string of the molecule is COC(=O)[C@]1(C)CCC[C@]2(C)[C@@H]3CC[C@@H](C(C)C)C[C@@H]3CC[C@H]21. The summed E-state index contributed by atoms with van der Waals surface area (Å²) >= 11 is 0. The third kappa shape index (κ3) is 2.65. The van der Waals surface area contributed by atoms with E-state index in [0.717, 1.165) is 30.1 Å². The molecule has 3 aliphatic rings. The molecule has 0 amide bonds. The van der Waals surface area contributed by atoms with Crippen molar-refractivity contribution >= 4 is 5.97 Å². The molecule has 2 nitrogen and oxygen atoms in total. The van der Waals surface area contributed by atoms with Gasteiger partial charge in [0.2, 0.25) is 0 Å². The highest BCUT2D eigenvalue weighted by atomic mass is 16.5. The van der Waals surface area contributed by atoms with Gasteiger partial charge in [-0.1, -0.05) is 27.2 Å². The summed E-state index contributed by atoms with van der Waals surface area (Å²) in [4.78, 5) is 12.6. The van der Waals surface area contributed by atoms with Crippen molar-refractivity contribution in [2.45, 2.75) is 79.1 Å².